The van der Waals surface area contributed by atoms with Crippen molar-refractivity contribution in [3.05, 3.63) is 0 Å². The molecule has 0 bridgehead atoms. The number of hydrogen-bond donors (Lipinski definition) is 6. The molecular weight excluding hydrogens is 252 g/mol. The van der Waals surface area contributed by atoms with Gasteiger partial charge in [-0.2, -0.15) is 25.3 Å². The summed E-state index contributed by atoms with van der Waals surface area (Å²) in [4.78, 5) is 19.9. The minimum atomic E-state index is -1.02. The number of thiol groups is 2. The van der Waals surface area contributed by atoms with Crippen molar-refractivity contribution in [3.63, 3.8) is 0 Å². The summed E-state index contributed by atoms with van der Waals surface area (Å²) in [5.41, 5.74) is 10.2. The molecule has 16 heavy (non-hydrogen) atoms. The van der Waals surface area contributed by atoms with Crippen LogP contribution in [0.3, 0.4) is 0 Å². The SMILES string of the molecule is CC(C)(S)[C@@H](N)C(=O)O.NC(CS)C(=O)O. The van der Waals surface area contributed by atoms with Gasteiger partial charge in [-0.3, -0.25) is 9.59 Å². The summed E-state index contributed by atoms with van der Waals surface area (Å²) in [6.45, 7) is 3.32. The fraction of sp³-hybridized carbons (Fsp3) is 0.750. The van der Waals surface area contributed by atoms with Crippen molar-refractivity contribution in [2.24, 2.45) is 11.5 Å². The van der Waals surface area contributed by atoms with Crippen LogP contribution in [0.5, 0.6) is 0 Å². The van der Waals surface area contributed by atoms with Crippen molar-refractivity contribution in [2.45, 2.75) is 30.7 Å². The van der Waals surface area contributed by atoms with Crippen LogP contribution in [0.1, 0.15) is 13.8 Å². The smallest absolute Gasteiger partial charge is 0.321 e. The lowest BCUT2D eigenvalue weighted by atomic mass is 10.1. The Morgan fingerprint density at radius 1 is 1.25 bits per heavy atom. The molecule has 6 nitrogen and oxygen atoms in total. The summed E-state index contributed by atoms with van der Waals surface area (Å²) in [6.07, 6.45) is 0. The second kappa shape index (κ2) is 7.77. The zero-order valence-electron chi connectivity index (χ0n) is 9.12. The predicted octanol–water partition coefficient (Wildman–Crippen LogP) is -0.565. The number of rotatable bonds is 4. The quantitative estimate of drug-likeness (QED) is 0.380. The van der Waals surface area contributed by atoms with E-state index in [-0.39, 0.29) is 5.75 Å². The molecular formula is C8H18N2O4S2. The van der Waals surface area contributed by atoms with Crippen LogP contribution in [0, 0.1) is 0 Å². The summed E-state index contributed by atoms with van der Waals surface area (Å²) < 4.78 is -0.647. The molecule has 1 unspecified atom stereocenters. The maximum atomic E-state index is 10.2. The van der Waals surface area contributed by atoms with Gasteiger partial charge in [0.15, 0.2) is 0 Å². The van der Waals surface area contributed by atoms with Crippen LogP contribution in [0.25, 0.3) is 0 Å². The van der Waals surface area contributed by atoms with Gasteiger partial charge < -0.3 is 21.7 Å². The molecule has 8 heteroatoms. The highest BCUT2D eigenvalue weighted by Gasteiger charge is 2.27. The third-order valence-electron chi connectivity index (χ3n) is 1.54. The van der Waals surface area contributed by atoms with Gasteiger partial charge in [-0.15, -0.1) is 0 Å². The van der Waals surface area contributed by atoms with E-state index in [2.05, 4.69) is 25.3 Å². The van der Waals surface area contributed by atoms with Crippen molar-refractivity contribution in [2.75, 3.05) is 5.75 Å². The van der Waals surface area contributed by atoms with E-state index in [9.17, 15) is 9.59 Å². The van der Waals surface area contributed by atoms with E-state index in [0.717, 1.165) is 0 Å². The van der Waals surface area contributed by atoms with Crippen molar-refractivity contribution < 1.29 is 19.8 Å². The Labute approximate surface area is 105 Å². The topological polar surface area (TPSA) is 127 Å². The van der Waals surface area contributed by atoms with E-state index in [1.54, 1.807) is 13.8 Å². The van der Waals surface area contributed by atoms with Crippen LogP contribution in [0.2, 0.25) is 0 Å². The first kappa shape index (κ1) is 17.9. The third-order valence-corrected chi connectivity index (χ3v) is 2.21. The maximum absolute atomic E-state index is 10.2. The Bertz CT molecular complexity index is 243. The van der Waals surface area contributed by atoms with Gasteiger partial charge in [0.05, 0.1) is 0 Å². The minimum Gasteiger partial charge on any atom is -0.480 e. The van der Waals surface area contributed by atoms with Gasteiger partial charge >= 0.3 is 11.9 Å². The molecule has 0 saturated heterocycles. The minimum absolute atomic E-state index is 0.190. The number of carbonyl (C=O) groups is 2. The van der Waals surface area contributed by atoms with Crippen molar-refractivity contribution in [1.82, 2.24) is 0 Å². The molecule has 0 aromatic carbocycles. The highest BCUT2D eigenvalue weighted by Crippen LogP contribution is 2.15. The summed E-state index contributed by atoms with van der Waals surface area (Å²) in [7, 11) is 0. The van der Waals surface area contributed by atoms with E-state index in [4.69, 9.17) is 21.7 Å². The van der Waals surface area contributed by atoms with Gasteiger partial charge in [0.25, 0.3) is 0 Å². The number of aliphatic carboxylic acids is 2. The molecule has 0 heterocycles. The van der Waals surface area contributed by atoms with Gasteiger partial charge in [-0.1, -0.05) is 0 Å². The number of carboxylic acid groups (broad SMARTS) is 2. The summed E-state index contributed by atoms with van der Waals surface area (Å²) in [6, 6.07) is -1.72. The lowest BCUT2D eigenvalue weighted by Gasteiger charge is -2.21. The molecule has 0 aliphatic heterocycles. The second-order valence-electron chi connectivity index (χ2n) is 3.60. The monoisotopic (exact) mass is 270 g/mol. The molecule has 0 amide bonds. The molecule has 0 aliphatic rings. The van der Waals surface area contributed by atoms with Crippen molar-refractivity contribution in [3.8, 4) is 0 Å². The summed E-state index contributed by atoms with van der Waals surface area (Å²) in [5.74, 6) is -1.83. The molecule has 6 N–H and O–H groups in total. The van der Waals surface area contributed by atoms with E-state index in [1.165, 1.54) is 0 Å². The third kappa shape index (κ3) is 8.84. The predicted molar refractivity (Wildman–Crippen MR) is 68.1 cm³/mol. The molecule has 0 radical (unpaired) electrons. The standard InChI is InChI=1S/C5H11NO2S.C3H7NO2S/c1-5(2,9)3(6)4(7)8;4-2(1-7)3(5)6/h3,9H,6H2,1-2H3,(H,7,8);2,7H,1,4H2,(H,5,6)/t3-;/m0./s1. The largest absolute Gasteiger partial charge is 0.480 e. The van der Waals surface area contributed by atoms with Crippen LogP contribution >= 0.6 is 25.3 Å². The van der Waals surface area contributed by atoms with Gasteiger partial charge in [0, 0.05) is 10.5 Å². The Balaban J connectivity index is 0. The average molecular weight is 270 g/mol. The first-order valence-electron chi connectivity index (χ1n) is 4.34. The number of nitrogens with two attached hydrogens (primary N) is 2. The Morgan fingerprint density at radius 2 is 1.62 bits per heavy atom. The van der Waals surface area contributed by atoms with Gasteiger partial charge in [0.1, 0.15) is 12.1 Å². The van der Waals surface area contributed by atoms with Crippen molar-refractivity contribution in [1.29, 1.82) is 0 Å². The number of carboxylic acids is 2. The van der Waals surface area contributed by atoms with Gasteiger partial charge in [-0.05, 0) is 13.8 Å². The molecule has 0 saturated carbocycles. The van der Waals surface area contributed by atoms with Crippen molar-refractivity contribution >= 4 is 37.2 Å². The Hall–Kier alpha value is -0.440. The van der Waals surface area contributed by atoms with E-state index in [1.807, 2.05) is 0 Å². The highest BCUT2D eigenvalue weighted by atomic mass is 32.1. The normalized spacial score (nSPS) is 14.4. The summed E-state index contributed by atoms with van der Waals surface area (Å²) >= 11 is 7.63. The maximum Gasteiger partial charge on any atom is 0.321 e. The fourth-order valence-electron chi connectivity index (χ4n) is 0.380. The molecule has 0 fully saturated rings. The fourth-order valence-corrected chi connectivity index (χ4v) is 0.647. The van der Waals surface area contributed by atoms with Gasteiger partial charge in [0.2, 0.25) is 0 Å². The Morgan fingerprint density at radius 3 is 1.62 bits per heavy atom. The van der Waals surface area contributed by atoms with E-state index >= 15 is 0 Å². The molecule has 0 rings (SSSR count). The molecule has 0 spiro atoms. The highest BCUT2D eigenvalue weighted by molar-refractivity contribution is 7.81. The molecule has 0 aliphatic carbocycles. The average Bonchev–Trinajstić information content (AvgIpc) is 2.14. The molecule has 0 aromatic heterocycles. The molecule has 2 atom stereocenters. The zero-order chi connectivity index (χ0) is 13.5. The zero-order valence-corrected chi connectivity index (χ0v) is 10.9. The molecule has 0 aromatic rings. The number of hydrogen-bond acceptors (Lipinski definition) is 6. The van der Waals surface area contributed by atoms with E-state index in [0.29, 0.717) is 0 Å². The lowest BCUT2D eigenvalue weighted by Crippen LogP contribution is -2.45. The Kier molecular flexibility index (Phi) is 8.71. The van der Waals surface area contributed by atoms with Crippen LogP contribution in [-0.2, 0) is 9.59 Å². The molecule has 96 valence electrons. The van der Waals surface area contributed by atoms with Crippen LogP contribution in [-0.4, -0.2) is 44.7 Å². The summed E-state index contributed by atoms with van der Waals surface area (Å²) in [5, 5.41) is 16.4. The van der Waals surface area contributed by atoms with Crippen LogP contribution in [0.4, 0.5) is 0 Å². The second-order valence-corrected chi connectivity index (χ2v) is 5.11. The first-order chi connectivity index (χ1) is 7.03. The first-order valence-corrected chi connectivity index (χ1v) is 5.42. The van der Waals surface area contributed by atoms with E-state index < -0.39 is 28.8 Å². The van der Waals surface area contributed by atoms with Gasteiger partial charge in [-0.25, -0.2) is 0 Å². The lowest BCUT2D eigenvalue weighted by molar-refractivity contribution is -0.139. The van der Waals surface area contributed by atoms with Crippen LogP contribution < -0.4 is 11.5 Å². The van der Waals surface area contributed by atoms with Crippen LogP contribution in [0.15, 0.2) is 0 Å².